The van der Waals surface area contributed by atoms with Gasteiger partial charge < -0.3 is 36.8 Å². The van der Waals surface area contributed by atoms with Gasteiger partial charge in [0.25, 0.3) is 0 Å². The van der Waals surface area contributed by atoms with E-state index in [1.165, 1.54) is 0 Å². The van der Waals surface area contributed by atoms with E-state index in [1.54, 1.807) is 72.8 Å². The Morgan fingerprint density at radius 2 is 0.878 bits per heavy atom. The zero-order chi connectivity index (χ0) is 58.1. The van der Waals surface area contributed by atoms with E-state index in [0.717, 1.165) is 164 Å². The second-order valence-corrected chi connectivity index (χ2v) is 23.2. The van der Waals surface area contributed by atoms with Crippen molar-refractivity contribution < 1.29 is 59.8 Å². The van der Waals surface area contributed by atoms with Crippen molar-refractivity contribution in [3.63, 3.8) is 0 Å². The number of thiazole rings is 2. The van der Waals surface area contributed by atoms with Crippen molar-refractivity contribution >= 4 is 86.7 Å². The van der Waals surface area contributed by atoms with E-state index in [-0.39, 0.29) is 42.1 Å². The van der Waals surface area contributed by atoms with Gasteiger partial charge in [0, 0.05) is 65.1 Å². The number of benzene rings is 8. The van der Waals surface area contributed by atoms with E-state index < -0.39 is 0 Å². The van der Waals surface area contributed by atoms with Crippen LogP contribution in [0.1, 0.15) is 0 Å². The number of para-hydroxylation sites is 1. The Morgan fingerprint density at radius 3 is 1.53 bits per heavy atom. The minimum atomic E-state index is 0. The fraction of sp³-hybridized carbons (Fsp3) is 0. The third-order valence-corrected chi connectivity index (χ3v) is 18.0. The zero-order valence-electron chi connectivity index (χ0n) is 47.0. The first-order valence-electron chi connectivity index (χ1n) is 28.4. The number of fused-ring (bicyclic) bond motifs is 8. The molecular weight excluding hydrogens is 1520 g/mol. The molecule has 8 aromatic carbocycles. The van der Waals surface area contributed by atoms with Crippen molar-refractivity contribution in [1.82, 2.24) is 29.1 Å². The van der Waals surface area contributed by atoms with Gasteiger partial charge in [-0.25, -0.2) is 0 Å². The second kappa shape index (κ2) is 23.8. The molecule has 10 heterocycles. The van der Waals surface area contributed by atoms with Crippen LogP contribution in [0.3, 0.4) is 0 Å². The Labute approximate surface area is 551 Å². The van der Waals surface area contributed by atoms with Gasteiger partial charge in [0.05, 0.1) is 61.1 Å². The molecule has 0 saturated carbocycles. The van der Waals surface area contributed by atoms with E-state index in [4.69, 9.17) is 27.6 Å². The summed E-state index contributed by atoms with van der Waals surface area (Å²) in [7, 11) is 0. The Bertz CT molecular complexity index is 5580. The van der Waals surface area contributed by atoms with Gasteiger partial charge in [0.1, 0.15) is 0 Å². The molecule has 0 N–H and O–H groups in total. The number of hydrogen-bond donors (Lipinski definition) is 0. The largest absolute Gasteiger partial charge is 2.00 e. The smallest absolute Gasteiger partial charge is 0.472 e. The molecule has 0 spiro atoms. The second-order valence-electron chi connectivity index (χ2n) is 21.2. The number of pyridine rings is 2. The van der Waals surface area contributed by atoms with E-state index in [0.29, 0.717) is 0 Å². The van der Waals surface area contributed by atoms with Gasteiger partial charge in [-0.1, -0.05) is 83.1 Å². The number of nitrogens with zero attached hydrogens (tertiary/aromatic N) is 6. The summed E-state index contributed by atoms with van der Waals surface area (Å²) in [4.78, 5) is 19.2. The van der Waals surface area contributed by atoms with E-state index >= 15 is 0 Å². The molecule has 18 aromatic rings. The van der Waals surface area contributed by atoms with Crippen LogP contribution in [-0.4, -0.2) is 29.1 Å². The van der Waals surface area contributed by atoms with E-state index in [2.05, 4.69) is 171 Å². The van der Waals surface area contributed by atoms with Crippen LogP contribution in [-0.2, 0) is 42.1 Å². The fourth-order valence-corrected chi connectivity index (χ4v) is 13.6. The summed E-state index contributed by atoms with van der Waals surface area (Å²) in [5.74, 6) is 0. The average Bonchev–Trinajstić information content (AvgIpc) is 1.61. The fourth-order valence-electron chi connectivity index (χ4n) is 11.7. The topological polar surface area (TPSA) is 114 Å². The molecule has 0 aliphatic rings. The van der Waals surface area contributed by atoms with Crippen LogP contribution in [0.4, 0.5) is 0 Å². The van der Waals surface area contributed by atoms with Gasteiger partial charge in [-0.2, -0.15) is 22.7 Å². The van der Waals surface area contributed by atoms with Crippen molar-refractivity contribution in [2.45, 2.75) is 0 Å². The first-order valence-corrected chi connectivity index (χ1v) is 30.0. The SMILES string of the molecule is [Pt+2].[Pt+2].[c-]1c(-c2ccccn2)cc(-c2ccoc2)cc1-n1c2[c-]c(-c3nc4ccc(-c5ccoc5)cc4s3)ccc2c2ccccc21.[c-]1c(-c2ccccn2)cccc1-n1c2[c-]c(-c3nc4cc(-c5ccoc5)ccc4s3)ccc2c2cc(-c3ccoc3)ccc21. The number of aromatic nitrogens is 6. The molecule has 0 radical (unpaired) electrons. The standard InChI is InChI=1S/2C38H21N3O2S.2Pt/c1-2-15-39-33(6-1)26-4-3-5-30(18-26)41-35-11-8-24(28-13-16-42-22-28)19-32(35)31-10-7-27(21-36(31)41)38-40-34-20-25(9-12-37(34)44-38)29-14-17-43-23-29;1-2-7-35-31(5-1)32-10-8-25(38-40-34-11-9-24(21-37(34)44-38)26-12-15-42-22-26)20-36(32)41(35)30-18-28(27-13-16-43-23-27)17-29(19-30)33-6-3-4-14-39-33;;/h1-17,19-20,22-23H;1-18,21-23H;;/q2*-2;2*+2. The molecule has 432 valence electrons. The monoisotopic (exact) mass is 1560 g/mol. The van der Waals surface area contributed by atoms with Crippen molar-refractivity contribution in [3.05, 3.63) is 281 Å². The van der Waals surface area contributed by atoms with Crippen LogP contribution in [0.15, 0.2) is 274 Å². The van der Waals surface area contributed by atoms with Gasteiger partial charge in [-0.3, -0.25) is 9.97 Å². The van der Waals surface area contributed by atoms with Crippen LogP contribution in [0.25, 0.3) is 164 Å². The maximum atomic E-state index is 5.45. The molecule has 10 aromatic heterocycles. The van der Waals surface area contributed by atoms with Crippen molar-refractivity contribution in [2.24, 2.45) is 0 Å². The molecule has 0 fully saturated rings. The van der Waals surface area contributed by atoms with Crippen LogP contribution in [0, 0.1) is 24.3 Å². The van der Waals surface area contributed by atoms with E-state index in [9.17, 15) is 0 Å². The molecule has 0 saturated heterocycles. The first-order chi connectivity index (χ1) is 43.6. The Hall–Kier alpha value is -10.1. The molecule has 14 heteroatoms. The number of rotatable bonds is 10. The molecule has 0 atom stereocenters. The molecule has 0 unspecified atom stereocenters. The molecule has 0 bridgehead atoms. The summed E-state index contributed by atoms with van der Waals surface area (Å²) < 4.78 is 28.2. The summed E-state index contributed by atoms with van der Waals surface area (Å²) in [6.07, 6.45) is 17.5. The summed E-state index contributed by atoms with van der Waals surface area (Å²) in [6.45, 7) is 0. The van der Waals surface area contributed by atoms with Crippen molar-refractivity contribution in [2.75, 3.05) is 0 Å². The summed E-state index contributed by atoms with van der Waals surface area (Å²) in [5.41, 5.74) is 21.7. The molecule has 10 nitrogen and oxygen atoms in total. The summed E-state index contributed by atoms with van der Waals surface area (Å²) >= 11 is 3.34. The van der Waals surface area contributed by atoms with Gasteiger partial charge in [0.15, 0.2) is 0 Å². The summed E-state index contributed by atoms with van der Waals surface area (Å²) in [6, 6.07) is 81.3. The number of furan rings is 4. The normalized spacial score (nSPS) is 11.4. The molecule has 90 heavy (non-hydrogen) atoms. The molecule has 18 rings (SSSR count). The van der Waals surface area contributed by atoms with Crippen LogP contribution in [0.2, 0.25) is 0 Å². The summed E-state index contributed by atoms with van der Waals surface area (Å²) in [5, 5.41) is 6.36. The molecular formula is C76H42N6O4Pt2S2. The zero-order valence-corrected chi connectivity index (χ0v) is 53.2. The maximum absolute atomic E-state index is 5.45. The van der Waals surface area contributed by atoms with Gasteiger partial charge in [-0.05, 0) is 134 Å². The average molecular weight is 1560 g/mol. The first kappa shape index (κ1) is 56.4. The van der Waals surface area contributed by atoms with E-state index in [1.807, 2.05) is 79.1 Å². The van der Waals surface area contributed by atoms with Crippen molar-refractivity contribution in [1.29, 1.82) is 0 Å². The molecule has 0 aliphatic heterocycles. The van der Waals surface area contributed by atoms with Crippen molar-refractivity contribution in [3.8, 4) is 99.5 Å². The molecule has 0 amide bonds. The van der Waals surface area contributed by atoms with Crippen LogP contribution in [0.5, 0.6) is 0 Å². The predicted molar refractivity (Wildman–Crippen MR) is 351 cm³/mol. The van der Waals surface area contributed by atoms with Gasteiger partial charge >= 0.3 is 42.1 Å². The van der Waals surface area contributed by atoms with Gasteiger partial charge in [-0.15, -0.1) is 101 Å². The minimum absolute atomic E-state index is 0. The predicted octanol–water partition coefficient (Wildman–Crippen LogP) is 20.5. The third kappa shape index (κ3) is 10.3. The Kier molecular flexibility index (Phi) is 14.9. The Balaban J connectivity index is 0.000000147. The molecule has 0 aliphatic carbocycles. The van der Waals surface area contributed by atoms with Crippen LogP contribution >= 0.6 is 22.7 Å². The third-order valence-electron chi connectivity index (χ3n) is 15.9. The quantitative estimate of drug-likeness (QED) is 0.124. The number of hydrogen-bond acceptors (Lipinski definition) is 10. The minimum Gasteiger partial charge on any atom is -0.472 e. The van der Waals surface area contributed by atoms with Gasteiger partial charge in [0.2, 0.25) is 0 Å². The Morgan fingerprint density at radius 1 is 0.333 bits per heavy atom. The maximum Gasteiger partial charge on any atom is 2.00 e. The van der Waals surface area contributed by atoms with Crippen LogP contribution < -0.4 is 0 Å².